The highest BCUT2D eigenvalue weighted by molar-refractivity contribution is 6.06. The fourth-order valence-corrected chi connectivity index (χ4v) is 5.54. The fraction of sp³-hybridized carbons (Fsp3) is 0.375. The lowest BCUT2D eigenvalue weighted by molar-refractivity contribution is -0.394. The van der Waals surface area contributed by atoms with Crippen LogP contribution in [-0.4, -0.2) is 32.4 Å². The van der Waals surface area contributed by atoms with Crippen molar-refractivity contribution in [3.63, 3.8) is 0 Å². The summed E-state index contributed by atoms with van der Waals surface area (Å²) in [5.74, 6) is -1.47. The van der Waals surface area contributed by atoms with E-state index in [0.717, 1.165) is 18.2 Å². The van der Waals surface area contributed by atoms with Gasteiger partial charge in [-0.05, 0) is 24.3 Å². The number of hydrogen-bond donors (Lipinski definition) is 1. The lowest BCUT2D eigenvalue weighted by atomic mass is 9.64. The number of carbonyl (C=O) groups excluding carboxylic acids is 2. The lowest BCUT2D eigenvalue weighted by Crippen LogP contribution is -2.43. The molecule has 0 saturated heterocycles. The number of nitro benzene ring substituents is 3. The van der Waals surface area contributed by atoms with Gasteiger partial charge in [0.15, 0.2) is 0 Å². The van der Waals surface area contributed by atoms with Crippen molar-refractivity contribution in [3.05, 3.63) is 78.4 Å². The molecule has 2 atom stereocenters. The van der Waals surface area contributed by atoms with Crippen molar-refractivity contribution >= 4 is 40.3 Å². The number of non-ortho nitro benzene ring substituents is 3. The van der Waals surface area contributed by atoms with Crippen LogP contribution < -0.4 is 5.32 Å². The first kappa shape index (κ1) is 26.3. The second-order valence-corrected chi connectivity index (χ2v) is 10.1. The van der Waals surface area contributed by atoms with Crippen LogP contribution in [0.25, 0.3) is 0 Å². The summed E-state index contributed by atoms with van der Waals surface area (Å²) in [6.45, 7) is 5.70. The SMILES string of the molecule is CC12CCC(C(=O)Nc3cccc([N+](=O)[O-])c3)(C/C1=N\OC(=O)c1cc([N+](=O)[O-])cc([N+](=O)[O-])c1)C2(C)C. The van der Waals surface area contributed by atoms with Gasteiger partial charge < -0.3 is 10.2 Å². The molecular formula is C24H23N5O9. The number of nitro groups is 3. The van der Waals surface area contributed by atoms with Gasteiger partial charge in [0, 0.05) is 41.8 Å². The summed E-state index contributed by atoms with van der Waals surface area (Å²) in [6.07, 6.45) is 1.18. The number of carbonyl (C=O) groups is 2. The largest absolute Gasteiger partial charge is 0.366 e. The van der Waals surface area contributed by atoms with Crippen LogP contribution in [0.3, 0.4) is 0 Å². The van der Waals surface area contributed by atoms with Crippen molar-refractivity contribution < 1.29 is 29.2 Å². The van der Waals surface area contributed by atoms with Gasteiger partial charge in [-0.3, -0.25) is 35.1 Å². The smallest absolute Gasteiger partial charge is 0.325 e. The quantitative estimate of drug-likeness (QED) is 0.300. The number of amides is 1. The molecule has 2 unspecified atom stereocenters. The lowest BCUT2D eigenvalue weighted by Gasteiger charge is -2.39. The molecule has 1 N–H and O–H groups in total. The third-order valence-electron chi connectivity index (χ3n) is 8.28. The molecule has 198 valence electrons. The van der Waals surface area contributed by atoms with Crippen molar-refractivity contribution in [3.8, 4) is 0 Å². The molecule has 2 saturated carbocycles. The number of rotatable bonds is 7. The first-order valence-corrected chi connectivity index (χ1v) is 11.5. The molecule has 4 rings (SSSR count). The summed E-state index contributed by atoms with van der Waals surface area (Å²) in [7, 11) is 0. The van der Waals surface area contributed by atoms with Crippen LogP contribution >= 0.6 is 0 Å². The second-order valence-electron chi connectivity index (χ2n) is 10.1. The summed E-state index contributed by atoms with van der Waals surface area (Å²) in [5.41, 5.74) is -3.45. The minimum atomic E-state index is -1.12. The molecular weight excluding hydrogens is 502 g/mol. The summed E-state index contributed by atoms with van der Waals surface area (Å²) in [4.78, 5) is 62.4. The van der Waals surface area contributed by atoms with E-state index in [1.54, 1.807) is 6.07 Å². The van der Waals surface area contributed by atoms with E-state index in [2.05, 4.69) is 10.5 Å². The van der Waals surface area contributed by atoms with E-state index in [9.17, 15) is 39.9 Å². The molecule has 0 aliphatic heterocycles. The van der Waals surface area contributed by atoms with Gasteiger partial charge in [0.25, 0.3) is 17.1 Å². The van der Waals surface area contributed by atoms with Gasteiger partial charge >= 0.3 is 5.97 Å². The zero-order chi connectivity index (χ0) is 28.0. The maximum Gasteiger partial charge on any atom is 0.366 e. The molecule has 2 fully saturated rings. The third-order valence-corrected chi connectivity index (χ3v) is 8.28. The Morgan fingerprint density at radius 3 is 2.08 bits per heavy atom. The van der Waals surface area contributed by atoms with Crippen LogP contribution in [0.4, 0.5) is 22.7 Å². The number of fused-ring (bicyclic) bond motifs is 2. The van der Waals surface area contributed by atoms with Crippen LogP contribution in [0.1, 0.15) is 50.4 Å². The molecule has 0 heterocycles. The van der Waals surface area contributed by atoms with E-state index < -0.39 is 53.9 Å². The summed E-state index contributed by atoms with van der Waals surface area (Å²) < 4.78 is 0. The predicted octanol–water partition coefficient (Wildman–Crippen LogP) is 4.78. The maximum atomic E-state index is 13.6. The van der Waals surface area contributed by atoms with Crippen molar-refractivity contribution in [1.82, 2.24) is 0 Å². The molecule has 38 heavy (non-hydrogen) atoms. The van der Waals surface area contributed by atoms with Gasteiger partial charge in [-0.1, -0.05) is 32.0 Å². The molecule has 2 aromatic rings. The number of oxime groups is 1. The van der Waals surface area contributed by atoms with Gasteiger partial charge in [-0.15, -0.1) is 0 Å². The average Bonchev–Trinajstić information content (AvgIpc) is 3.17. The second kappa shape index (κ2) is 8.97. The Balaban J connectivity index is 1.61. The highest BCUT2D eigenvalue weighted by Gasteiger charge is 2.71. The molecule has 2 aliphatic carbocycles. The van der Waals surface area contributed by atoms with Crippen molar-refractivity contribution in [1.29, 1.82) is 0 Å². The van der Waals surface area contributed by atoms with Crippen LogP contribution in [0.15, 0.2) is 47.6 Å². The number of nitrogens with one attached hydrogen (secondary N) is 1. The minimum absolute atomic E-state index is 0.139. The molecule has 0 spiro atoms. The maximum absolute atomic E-state index is 13.6. The Morgan fingerprint density at radius 1 is 0.895 bits per heavy atom. The van der Waals surface area contributed by atoms with E-state index in [1.165, 1.54) is 18.2 Å². The zero-order valence-electron chi connectivity index (χ0n) is 20.6. The number of nitrogens with zero attached hydrogens (tertiary/aromatic N) is 4. The monoisotopic (exact) mass is 525 g/mol. The Kier molecular flexibility index (Phi) is 6.21. The number of hydrogen-bond acceptors (Lipinski definition) is 10. The average molecular weight is 525 g/mol. The fourth-order valence-electron chi connectivity index (χ4n) is 5.54. The summed E-state index contributed by atoms with van der Waals surface area (Å²) >= 11 is 0. The topological polar surface area (TPSA) is 197 Å². The standard InChI is InChI=1S/C24H23N5O9/c1-22(2)23(3)7-8-24(22,21(31)25-15-5-4-6-16(11-15)27(32)33)13-19(23)26-38-20(30)14-9-17(28(34)35)12-18(10-14)29(36)37/h4-6,9-12H,7-8,13H2,1-3H3,(H,25,31)/b26-19+. The van der Waals surface area contributed by atoms with E-state index >= 15 is 0 Å². The van der Waals surface area contributed by atoms with Gasteiger partial charge in [0.1, 0.15) is 0 Å². The van der Waals surface area contributed by atoms with E-state index in [-0.39, 0.29) is 23.7 Å². The van der Waals surface area contributed by atoms with Gasteiger partial charge in [0.05, 0.1) is 37.5 Å². The summed E-state index contributed by atoms with van der Waals surface area (Å²) in [6, 6.07) is 8.04. The molecule has 0 radical (unpaired) electrons. The first-order chi connectivity index (χ1) is 17.7. The van der Waals surface area contributed by atoms with Crippen LogP contribution in [0, 0.1) is 46.6 Å². The van der Waals surface area contributed by atoms with Crippen molar-refractivity contribution in [2.75, 3.05) is 5.32 Å². The Bertz CT molecular complexity index is 1400. The van der Waals surface area contributed by atoms with E-state index in [4.69, 9.17) is 4.84 Å². The van der Waals surface area contributed by atoms with Crippen LogP contribution in [-0.2, 0) is 9.63 Å². The first-order valence-electron chi connectivity index (χ1n) is 11.5. The molecule has 2 aromatic carbocycles. The Morgan fingerprint density at radius 2 is 1.50 bits per heavy atom. The van der Waals surface area contributed by atoms with Crippen molar-refractivity contribution in [2.45, 2.75) is 40.0 Å². The Labute approximate surface area is 215 Å². The van der Waals surface area contributed by atoms with Crippen LogP contribution in [0.5, 0.6) is 0 Å². The normalized spacial score (nSPS) is 24.1. The summed E-state index contributed by atoms with van der Waals surface area (Å²) in [5, 5.41) is 40.2. The van der Waals surface area contributed by atoms with Gasteiger partial charge in [-0.25, -0.2) is 4.79 Å². The van der Waals surface area contributed by atoms with Gasteiger partial charge in [0.2, 0.25) is 5.91 Å². The highest BCUT2D eigenvalue weighted by atomic mass is 16.7. The van der Waals surface area contributed by atoms with E-state index in [1.807, 2.05) is 20.8 Å². The molecule has 0 aromatic heterocycles. The molecule has 2 bridgehead atoms. The van der Waals surface area contributed by atoms with Crippen molar-refractivity contribution in [2.24, 2.45) is 21.4 Å². The Hall–Kier alpha value is -4.75. The minimum Gasteiger partial charge on any atom is -0.325 e. The highest BCUT2D eigenvalue weighted by Crippen LogP contribution is 2.71. The van der Waals surface area contributed by atoms with E-state index in [0.29, 0.717) is 18.6 Å². The molecule has 2 aliphatic rings. The predicted molar refractivity (Wildman–Crippen MR) is 132 cm³/mol. The number of benzene rings is 2. The van der Waals surface area contributed by atoms with Crippen LogP contribution in [0.2, 0.25) is 0 Å². The number of anilines is 1. The molecule has 1 amide bonds. The third kappa shape index (κ3) is 4.03. The molecule has 14 nitrogen and oxygen atoms in total. The van der Waals surface area contributed by atoms with Gasteiger partial charge in [-0.2, -0.15) is 0 Å². The zero-order valence-corrected chi connectivity index (χ0v) is 20.6. The molecule has 14 heteroatoms.